The topological polar surface area (TPSA) is 62.6 Å². The number of thioether (sulfide) groups is 1. The molecule has 2 saturated heterocycles. The number of aromatic nitrogens is 1. The lowest BCUT2D eigenvalue weighted by molar-refractivity contribution is -0.133. The van der Waals surface area contributed by atoms with E-state index in [1.54, 1.807) is 18.2 Å². The number of para-hydroxylation sites is 1. The summed E-state index contributed by atoms with van der Waals surface area (Å²) in [5.41, 5.74) is 2.58. The summed E-state index contributed by atoms with van der Waals surface area (Å²) in [6, 6.07) is 14.9. The lowest BCUT2D eigenvalue weighted by atomic mass is 9.99. The fourth-order valence-electron chi connectivity index (χ4n) is 4.57. The first kappa shape index (κ1) is 23.7. The molecule has 3 aromatic rings. The van der Waals surface area contributed by atoms with Crippen molar-refractivity contribution in [1.29, 1.82) is 0 Å². The van der Waals surface area contributed by atoms with Gasteiger partial charge in [-0.25, -0.2) is 0 Å². The molecule has 2 aromatic carbocycles. The molecule has 5 rings (SSSR count). The number of piperidine rings is 1. The Morgan fingerprint density at radius 2 is 1.80 bits per heavy atom. The van der Waals surface area contributed by atoms with Gasteiger partial charge < -0.3 is 9.47 Å². The maximum Gasteiger partial charge on any atom is 0.293 e. The van der Waals surface area contributed by atoms with Crippen molar-refractivity contribution in [2.24, 2.45) is 5.92 Å². The number of carbonyl (C=O) groups excluding carboxylic acids is 3. The maximum absolute atomic E-state index is 13.1. The van der Waals surface area contributed by atoms with Crippen LogP contribution in [0.3, 0.4) is 0 Å². The molecule has 1 aromatic heterocycles. The summed E-state index contributed by atoms with van der Waals surface area (Å²) >= 11 is 6.89. The number of nitrogens with zero attached hydrogens (tertiary/aromatic N) is 3. The number of hydrogen-bond acceptors (Lipinski definition) is 4. The number of carbonyl (C=O) groups is 3. The zero-order valence-electron chi connectivity index (χ0n) is 19.4. The molecular weight excluding hydrogens is 482 g/mol. The third-order valence-corrected chi connectivity index (χ3v) is 7.83. The number of amides is 3. The summed E-state index contributed by atoms with van der Waals surface area (Å²) < 4.78 is 1.94. The summed E-state index contributed by atoms with van der Waals surface area (Å²) in [5.74, 6) is 0.450. The van der Waals surface area contributed by atoms with Crippen molar-refractivity contribution in [1.82, 2.24) is 14.4 Å². The Labute approximate surface area is 213 Å². The molecule has 2 fully saturated rings. The third-order valence-electron chi connectivity index (χ3n) is 6.68. The van der Waals surface area contributed by atoms with Gasteiger partial charge in [-0.3, -0.25) is 19.3 Å². The maximum atomic E-state index is 13.1. The van der Waals surface area contributed by atoms with E-state index >= 15 is 0 Å². The zero-order valence-corrected chi connectivity index (χ0v) is 21.0. The minimum atomic E-state index is -0.315. The average Bonchev–Trinajstić information content (AvgIpc) is 3.32. The normalized spacial score (nSPS) is 18.3. The molecular formula is C27H26ClN3O3S. The molecule has 0 atom stereocenters. The Hall–Kier alpha value is -3.03. The highest BCUT2D eigenvalue weighted by Gasteiger charge is 2.35. The Balaban J connectivity index is 1.38. The van der Waals surface area contributed by atoms with Gasteiger partial charge in [-0.2, -0.15) is 0 Å². The van der Waals surface area contributed by atoms with Crippen molar-refractivity contribution >= 4 is 57.4 Å². The van der Waals surface area contributed by atoms with E-state index in [1.165, 1.54) is 4.90 Å². The summed E-state index contributed by atoms with van der Waals surface area (Å²) in [7, 11) is 0. The third kappa shape index (κ3) is 5.02. The molecule has 2 aliphatic rings. The minimum Gasteiger partial charge on any atom is -0.341 e. The van der Waals surface area contributed by atoms with Crippen LogP contribution in [0.2, 0.25) is 5.02 Å². The second-order valence-electron chi connectivity index (χ2n) is 9.19. The monoisotopic (exact) mass is 507 g/mol. The summed E-state index contributed by atoms with van der Waals surface area (Å²) in [6.07, 6.45) is 5.74. The van der Waals surface area contributed by atoms with Crippen LogP contribution in [0, 0.1) is 5.92 Å². The second-order valence-corrected chi connectivity index (χ2v) is 10.6. The van der Waals surface area contributed by atoms with E-state index in [0.29, 0.717) is 15.8 Å². The van der Waals surface area contributed by atoms with Gasteiger partial charge in [-0.05, 0) is 60.4 Å². The molecule has 180 valence electrons. The van der Waals surface area contributed by atoms with E-state index in [9.17, 15) is 14.4 Å². The number of rotatable bonds is 5. The van der Waals surface area contributed by atoms with Crippen molar-refractivity contribution < 1.29 is 14.4 Å². The Morgan fingerprint density at radius 1 is 1.09 bits per heavy atom. The molecule has 3 heterocycles. The SMILES string of the molecule is CC1CCN(C(=O)Cn2cc(/C=C3\SC(=O)N(Cc4ccc(Cl)cc4)C3=O)c3ccccc32)CC1. The highest BCUT2D eigenvalue weighted by atomic mass is 35.5. The first-order chi connectivity index (χ1) is 16.9. The Bertz CT molecular complexity index is 1320. The fraction of sp³-hybridized carbons (Fsp3) is 0.296. The molecule has 0 unspecified atom stereocenters. The van der Waals surface area contributed by atoms with Gasteiger partial charge in [0.1, 0.15) is 6.54 Å². The van der Waals surface area contributed by atoms with Gasteiger partial charge in [0.25, 0.3) is 11.1 Å². The molecule has 0 radical (unpaired) electrons. The number of imide groups is 1. The first-order valence-electron chi connectivity index (χ1n) is 11.7. The van der Waals surface area contributed by atoms with Crippen LogP contribution < -0.4 is 0 Å². The molecule has 3 amide bonds. The molecule has 35 heavy (non-hydrogen) atoms. The van der Waals surface area contributed by atoms with Crippen molar-refractivity contribution in [2.45, 2.75) is 32.9 Å². The number of likely N-dealkylation sites (tertiary alicyclic amines) is 1. The van der Waals surface area contributed by atoms with E-state index in [2.05, 4.69) is 6.92 Å². The van der Waals surface area contributed by atoms with Gasteiger partial charge in [0, 0.05) is 40.8 Å². The molecule has 6 nitrogen and oxygen atoms in total. The van der Waals surface area contributed by atoms with Crippen LogP contribution in [0.1, 0.15) is 30.9 Å². The average molecular weight is 508 g/mol. The van der Waals surface area contributed by atoms with Gasteiger partial charge in [0.2, 0.25) is 5.91 Å². The van der Waals surface area contributed by atoms with Crippen molar-refractivity contribution in [3.05, 3.63) is 75.8 Å². The van der Waals surface area contributed by atoms with Gasteiger partial charge in [0.05, 0.1) is 11.4 Å². The largest absolute Gasteiger partial charge is 0.341 e. The molecule has 0 bridgehead atoms. The zero-order chi connectivity index (χ0) is 24.5. The standard InChI is InChI=1S/C27H26ClN3O3S/c1-18-10-12-29(13-11-18)25(32)17-30-16-20(22-4-2-3-5-23(22)30)14-24-26(33)31(27(34)35-24)15-19-6-8-21(28)9-7-19/h2-9,14,16,18H,10-13,15,17H2,1H3/b24-14-. The number of fused-ring (bicyclic) bond motifs is 1. The summed E-state index contributed by atoms with van der Waals surface area (Å²) in [6.45, 7) is 4.27. The van der Waals surface area contributed by atoms with Crippen molar-refractivity contribution in [2.75, 3.05) is 13.1 Å². The Kier molecular flexibility index (Phi) is 6.71. The van der Waals surface area contributed by atoms with Gasteiger partial charge in [-0.15, -0.1) is 0 Å². The van der Waals surface area contributed by atoms with Crippen LogP contribution in [0.25, 0.3) is 17.0 Å². The fourth-order valence-corrected chi connectivity index (χ4v) is 5.53. The van der Waals surface area contributed by atoms with E-state index in [1.807, 2.05) is 52.1 Å². The van der Waals surface area contributed by atoms with E-state index in [4.69, 9.17) is 11.6 Å². The molecule has 0 saturated carbocycles. The van der Waals surface area contributed by atoms with Crippen LogP contribution >= 0.6 is 23.4 Å². The summed E-state index contributed by atoms with van der Waals surface area (Å²) in [5, 5.41) is 1.25. The van der Waals surface area contributed by atoms with E-state index in [0.717, 1.165) is 59.7 Å². The minimum absolute atomic E-state index is 0.104. The van der Waals surface area contributed by atoms with Gasteiger partial charge >= 0.3 is 0 Å². The number of hydrogen-bond donors (Lipinski definition) is 0. The van der Waals surface area contributed by atoms with Crippen LogP contribution in [-0.2, 0) is 22.7 Å². The molecule has 0 N–H and O–H groups in total. The van der Waals surface area contributed by atoms with Crippen LogP contribution in [0.15, 0.2) is 59.6 Å². The van der Waals surface area contributed by atoms with Gasteiger partial charge in [-0.1, -0.05) is 48.9 Å². The van der Waals surface area contributed by atoms with Crippen LogP contribution in [-0.4, -0.2) is 44.5 Å². The number of halogens is 1. The highest BCUT2D eigenvalue weighted by molar-refractivity contribution is 8.18. The van der Waals surface area contributed by atoms with Crippen molar-refractivity contribution in [3.63, 3.8) is 0 Å². The Morgan fingerprint density at radius 3 is 2.54 bits per heavy atom. The predicted molar refractivity (Wildman–Crippen MR) is 140 cm³/mol. The van der Waals surface area contributed by atoms with E-state index < -0.39 is 0 Å². The van der Waals surface area contributed by atoms with Crippen LogP contribution in [0.5, 0.6) is 0 Å². The first-order valence-corrected chi connectivity index (χ1v) is 12.9. The molecule has 0 spiro atoms. The predicted octanol–water partition coefficient (Wildman–Crippen LogP) is 5.79. The highest BCUT2D eigenvalue weighted by Crippen LogP contribution is 2.35. The molecule has 0 aliphatic carbocycles. The smallest absolute Gasteiger partial charge is 0.293 e. The lowest BCUT2D eigenvalue weighted by Crippen LogP contribution is -2.39. The molecule has 2 aliphatic heterocycles. The summed E-state index contributed by atoms with van der Waals surface area (Å²) in [4.78, 5) is 42.2. The lowest BCUT2D eigenvalue weighted by Gasteiger charge is -2.30. The van der Waals surface area contributed by atoms with E-state index in [-0.39, 0.29) is 30.1 Å². The van der Waals surface area contributed by atoms with Crippen molar-refractivity contribution in [3.8, 4) is 0 Å². The molecule has 8 heteroatoms. The van der Waals surface area contributed by atoms with Gasteiger partial charge in [0.15, 0.2) is 0 Å². The number of benzene rings is 2. The quantitative estimate of drug-likeness (QED) is 0.410. The van der Waals surface area contributed by atoms with Crippen LogP contribution in [0.4, 0.5) is 4.79 Å². The second kappa shape index (κ2) is 9.91.